The van der Waals surface area contributed by atoms with Crippen molar-refractivity contribution in [2.24, 2.45) is 5.92 Å². The highest BCUT2D eigenvalue weighted by Gasteiger charge is 2.02. The number of benzene rings is 1. The summed E-state index contributed by atoms with van der Waals surface area (Å²) in [5, 5.41) is 5.91. The van der Waals surface area contributed by atoms with Crippen LogP contribution < -0.4 is 15.4 Å². The van der Waals surface area contributed by atoms with Crippen LogP contribution in [0, 0.1) is 5.92 Å². The van der Waals surface area contributed by atoms with Crippen LogP contribution in [0.25, 0.3) is 0 Å². The van der Waals surface area contributed by atoms with Gasteiger partial charge in [-0.3, -0.25) is 4.79 Å². The molecule has 1 rings (SSSR count). The summed E-state index contributed by atoms with van der Waals surface area (Å²) in [4.78, 5) is 11.6. The van der Waals surface area contributed by atoms with Crippen LogP contribution in [0.2, 0.25) is 0 Å². The molecule has 0 fully saturated rings. The zero-order valence-electron chi connectivity index (χ0n) is 13.1. The number of amides is 1. The molecule has 120 valence electrons. The van der Waals surface area contributed by atoms with Gasteiger partial charge in [0.05, 0.1) is 6.61 Å². The van der Waals surface area contributed by atoms with Gasteiger partial charge in [0.15, 0.2) is 0 Å². The number of carbonyl (C=O) groups is 1. The molecule has 0 aliphatic carbocycles. The van der Waals surface area contributed by atoms with Gasteiger partial charge in [0.2, 0.25) is 5.91 Å². The van der Waals surface area contributed by atoms with Crippen molar-refractivity contribution >= 4 is 24.0 Å². The monoisotopic (exact) mass is 314 g/mol. The van der Waals surface area contributed by atoms with E-state index in [1.54, 1.807) is 0 Å². The summed E-state index contributed by atoms with van der Waals surface area (Å²) in [6.07, 6.45) is 2.43. The molecule has 1 aromatic carbocycles. The zero-order chi connectivity index (χ0) is 14.8. The maximum Gasteiger partial charge on any atom is 0.224 e. The lowest BCUT2D eigenvalue weighted by molar-refractivity contribution is -0.116. The fraction of sp³-hybridized carbons (Fsp3) is 0.562. The summed E-state index contributed by atoms with van der Waals surface area (Å²) in [6.45, 7) is 5.94. The van der Waals surface area contributed by atoms with Crippen LogP contribution in [0.3, 0.4) is 0 Å². The van der Waals surface area contributed by atoms with Crippen molar-refractivity contribution in [2.75, 3.05) is 25.5 Å². The summed E-state index contributed by atoms with van der Waals surface area (Å²) >= 11 is 0. The molecular formula is C16H27ClN2O2. The number of rotatable bonds is 9. The number of ether oxygens (including phenoxy) is 1. The first-order valence-electron chi connectivity index (χ1n) is 7.29. The zero-order valence-corrected chi connectivity index (χ0v) is 14.0. The second-order valence-electron chi connectivity index (χ2n) is 5.31. The molecule has 4 nitrogen and oxygen atoms in total. The fourth-order valence-corrected chi connectivity index (χ4v) is 1.70. The number of carbonyl (C=O) groups excluding carboxylic acids is 1. The molecule has 0 aromatic heterocycles. The molecule has 1 amide bonds. The van der Waals surface area contributed by atoms with Crippen LogP contribution in [-0.4, -0.2) is 26.1 Å². The lowest BCUT2D eigenvalue weighted by Crippen LogP contribution is -2.15. The van der Waals surface area contributed by atoms with Gasteiger partial charge in [-0.25, -0.2) is 0 Å². The lowest BCUT2D eigenvalue weighted by Gasteiger charge is -2.09. The van der Waals surface area contributed by atoms with Crippen molar-refractivity contribution in [2.45, 2.75) is 33.1 Å². The Morgan fingerprint density at radius 3 is 2.48 bits per heavy atom. The van der Waals surface area contributed by atoms with Crippen molar-refractivity contribution < 1.29 is 9.53 Å². The van der Waals surface area contributed by atoms with E-state index in [2.05, 4.69) is 24.5 Å². The maximum atomic E-state index is 11.6. The van der Waals surface area contributed by atoms with E-state index >= 15 is 0 Å². The third-order valence-electron chi connectivity index (χ3n) is 2.93. The largest absolute Gasteiger partial charge is 0.494 e. The van der Waals surface area contributed by atoms with Gasteiger partial charge in [-0.1, -0.05) is 13.8 Å². The van der Waals surface area contributed by atoms with Crippen molar-refractivity contribution in [3.63, 3.8) is 0 Å². The lowest BCUT2D eigenvalue weighted by atomic mass is 10.1. The van der Waals surface area contributed by atoms with Crippen LogP contribution in [0.1, 0.15) is 33.1 Å². The molecule has 0 saturated carbocycles. The minimum atomic E-state index is 0. The van der Waals surface area contributed by atoms with Crippen LogP contribution in [0.5, 0.6) is 5.75 Å². The Balaban J connectivity index is 0.00000400. The highest BCUT2D eigenvalue weighted by atomic mass is 35.5. The summed E-state index contributed by atoms with van der Waals surface area (Å²) in [5.74, 6) is 1.54. The molecule has 0 unspecified atom stereocenters. The average molecular weight is 315 g/mol. The van der Waals surface area contributed by atoms with Gasteiger partial charge in [-0.15, -0.1) is 12.4 Å². The summed E-state index contributed by atoms with van der Waals surface area (Å²) in [5.41, 5.74) is 0.815. The maximum absolute atomic E-state index is 11.6. The molecule has 0 radical (unpaired) electrons. The van der Waals surface area contributed by atoms with Crippen LogP contribution in [0.15, 0.2) is 24.3 Å². The third-order valence-corrected chi connectivity index (χ3v) is 2.93. The molecule has 0 spiro atoms. The number of hydrogen-bond donors (Lipinski definition) is 2. The summed E-state index contributed by atoms with van der Waals surface area (Å²) < 4.78 is 5.64. The third kappa shape index (κ3) is 9.32. The molecule has 1 aromatic rings. The molecule has 5 heteroatoms. The van der Waals surface area contributed by atoms with Crippen molar-refractivity contribution in [3.8, 4) is 5.75 Å². The minimum absolute atomic E-state index is 0. The topological polar surface area (TPSA) is 50.4 Å². The molecular weight excluding hydrogens is 288 g/mol. The first-order chi connectivity index (χ1) is 9.61. The number of hydrogen-bond acceptors (Lipinski definition) is 3. The smallest absolute Gasteiger partial charge is 0.224 e. The summed E-state index contributed by atoms with van der Waals surface area (Å²) in [7, 11) is 1.88. The van der Waals surface area contributed by atoms with E-state index in [0.29, 0.717) is 12.3 Å². The number of anilines is 1. The SMILES string of the molecule is CNCCCC(=O)Nc1ccc(OCCC(C)C)cc1.Cl. The van der Waals surface area contributed by atoms with Gasteiger partial charge in [-0.2, -0.15) is 0 Å². The predicted octanol–water partition coefficient (Wildman–Crippen LogP) is 3.47. The summed E-state index contributed by atoms with van der Waals surface area (Å²) in [6, 6.07) is 7.54. The quantitative estimate of drug-likeness (QED) is 0.686. The Morgan fingerprint density at radius 1 is 1.24 bits per heavy atom. The Bertz CT molecular complexity index is 394. The van der Waals surface area contributed by atoms with Gasteiger partial charge in [0.1, 0.15) is 5.75 Å². The van der Waals surface area contributed by atoms with Crippen molar-refractivity contribution in [1.82, 2.24) is 5.32 Å². The van der Waals surface area contributed by atoms with Gasteiger partial charge < -0.3 is 15.4 Å². The normalized spacial score (nSPS) is 10.1. The van der Waals surface area contributed by atoms with Crippen LogP contribution >= 0.6 is 12.4 Å². The second kappa shape index (κ2) is 11.4. The van der Waals surface area contributed by atoms with Gasteiger partial charge in [0.25, 0.3) is 0 Å². The predicted molar refractivity (Wildman–Crippen MR) is 90.4 cm³/mol. The van der Waals surface area contributed by atoms with Crippen molar-refractivity contribution in [1.29, 1.82) is 0 Å². The standard InChI is InChI=1S/C16H26N2O2.ClH/c1-13(2)10-12-20-15-8-6-14(7-9-15)18-16(19)5-4-11-17-3;/h6-9,13,17H,4-5,10-12H2,1-3H3,(H,18,19);1H. The Morgan fingerprint density at radius 2 is 1.90 bits per heavy atom. The average Bonchev–Trinajstić information content (AvgIpc) is 2.41. The van der Waals surface area contributed by atoms with E-state index in [0.717, 1.165) is 37.4 Å². The van der Waals surface area contributed by atoms with E-state index < -0.39 is 0 Å². The first-order valence-corrected chi connectivity index (χ1v) is 7.29. The molecule has 0 bridgehead atoms. The minimum Gasteiger partial charge on any atom is -0.494 e. The highest BCUT2D eigenvalue weighted by molar-refractivity contribution is 5.90. The van der Waals surface area contributed by atoms with E-state index in [9.17, 15) is 4.79 Å². The van der Waals surface area contributed by atoms with Crippen LogP contribution in [0.4, 0.5) is 5.69 Å². The Hall–Kier alpha value is -1.26. The fourth-order valence-electron chi connectivity index (χ4n) is 1.70. The Labute approximate surface area is 134 Å². The van der Waals surface area contributed by atoms with E-state index in [1.807, 2.05) is 31.3 Å². The first kappa shape index (κ1) is 19.7. The van der Waals surface area contributed by atoms with Crippen molar-refractivity contribution in [3.05, 3.63) is 24.3 Å². The highest BCUT2D eigenvalue weighted by Crippen LogP contribution is 2.16. The van der Waals surface area contributed by atoms with Gasteiger partial charge in [0, 0.05) is 12.1 Å². The molecule has 0 saturated heterocycles. The number of nitrogens with one attached hydrogen (secondary N) is 2. The molecule has 0 aliphatic rings. The Kier molecular flexibility index (Phi) is 10.7. The molecule has 21 heavy (non-hydrogen) atoms. The molecule has 2 N–H and O–H groups in total. The number of halogens is 1. The van der Waals surface area contributed by atoms with Gasteiger partial charge in [-0.05, 0) is 56.6 Å². The van der Waals surface area contributed by atoms with E-state index in [4.69, 9.17) is 4.74 Å². The van der Waals surface area contributed by atoms with E-state index in [-0.39, 0.29) is 18.3 Å². The van der Waals surface area contributed by atoms with Crippen LogP contribution in [-0.2, 0) is 4.79 Å². The van der Waals surface area contributed by atoms with Gasteiger partial charge >= 0.3 is 0 Å². The molecule has 0 aliphatic heterocycles. The molecule has 0 atom stereocenters. The second-order valence-corrected chi connectivity index (χ2v) is 5.31. The molecule has 0 heterocycles. The van der Waals surface area contributed by atoms with E-state index in [1.165, 1.54) is 0 Å².